The second-order valence-electron chi connectivity index (χ2n) is 7.80. The average molecular weight is 459 g/mol. The highest BCUT2D eigenvalue weighted by Crippen LogP contribution is 2.25. The monoisotopic (exact) mass is 458 g/mol. The number of aryl methyl sites for hydroxylation is 1. The molecule has 0 spiro atoms. The van der Waals surface area contributed by atoms with Crippen LogP contribution in [0.4, 0.5) is 10.5 Å². The molecule has 3 rings (SSSR count). The number of hydrogen-bond donors (Lipinski definition) is 2. The number of nitrogens with zero attached hydrogens (tertiary/aromatic N) is 1. The molecule has 3 aromatic rings. The van der Waals surface area contributed by atoms with E-state index in [2.05, 4.69) is 17.4 Å². The maximum absolute atomic E-state index is 12.6. The Kier molecular flexibility index (Phi) is 8.86. The predicted octanol–water partition coefficient (Wildman–Crippen LogP) is 5.59. The van der Waals surface area contributed by atoms with Crippen molar-refractivity contribution in [3.05, 3.63) is 95.7 Å². The minimum absolute atomic E-state index is 0.0892. The standard InChI is InChI=1S/C28H30N2O4/c1-3-34-26(27(31)32)19-22-14-16-23(17-15-22)24-12-7-13-25(20-24)30(2)28(33)29-18-8-11-21-9-5-4-6-10-21/h4-7,9-10,12-17,19-20H,3,8,11,18H2,1-2H3,(H,29,33)(H,31,32)/b26-19-. The molecule has 176 valence electrons. The van der Waals surface area contributed by atoms with Crippen molar-refractivity contribution in [2.45, 2.75) is 19.8 Å². The molecule has 0 aliphatic heterocycles. The number of benzene rings is 3. The van der Waals surface area contributed by atoms with Gasteiger partial charge in [0, 0.05) is 19.3 Å². The second-order valence-corrected chi connectivity index (χ2v) is 7.80. The van der Waals surface area contributed by atoms with Crippen molar-refractivity contribution >= 4 is 23.8 Å². The molecule has 2 N–H and O–H groups in total. The quantitative estimate of drug-likeness (QED) is 0.236. The molecule has 0 aliphatic rings. The van der Waals surface area contributed by atoms with Crippen LogP contribution in [0.3, 0.4) is 0 Å². The highest BCUT2D eigenvalue weighted by molar-refractivity contribution is 5.92. The lowest BCUT2D eigenvalue weighted by Crippen LogP contribution is -2.37. The van der Waals surface area contributed by atoms with E-state index >= 15 is 0 Å². The summed E-state index contributed by atoms with van der Waals surface area (Å²) in [7, 11) is 1.75. The molecule has 0 radical (unpaired) electrons. The topological polar surface area (TPSA) is 78.9 Å². The molecule has 34 heavy (non-hydrogen) atoms. The van der Waals surface area contributed by atoms with Crippen molar-refractivity contribution in [2.24, 2.45) is 0 Å². The molecule has 0 aliphatic carbocycles. The number of hydrogen-bond acceptors (Lipinski definition) is 3. The maximum atomic E-state index is 12.6. The lowest BCUT2D eigenvalue weighted by molar-refractivity contribution is -0.136. The molecule has 0 heterocycles. The van der Waals surface area contributed by atoms with Crippen LogP contribution in [0.5, 0.6) is 0 Å². The van der Waals surface area contributed by atoms with Gasteiger partial charge in [0.15, 0.2) is 0 Å². The van der Waals surface area contributed by atoms with E-state index in [1.807, 2.05) is 66.7 Å². The Morgan fingerprint density at radius 3 is 2.38 bits per heavy atom. The number of anilines is 1. The first-order valence-corrected chi connectivity index (χ1v) is 11.3. The summed E-state index contributed by atoms with van der Waals surface area (Å²) < 4.78 is 5.16. The second kappa shape index (κ2) is 12.3. The third kappa shape index (κ3) is 6.97. The van der Waals surface area contributed by atoms with Gasteiger partial charge in [0.1, 0.15) is 0 Å². The number of carbonyl (C=O) groups is 2. The van der Waals surface area contributed by atoms with Crippen molar-refractivity contribution < 1.29 is 19.4 Å². The molecule has 0 saturated carbocycles. The van der Waals surface area contributed by atoms with Crippen LogP contribution in [0.15, 0.2) is 84.6 Å². The predicted molar refractivity (Wildman–Crippen MR) is 136 cm³/mol. The van der Waals surface area contributed by atoms with Gasteiger partial charge < -0.3 is 15.2 Å². The molecule has 6 heteroatoms. The van der Waals surface area contributed by atoms with E-state index in [0.29, 0.717) is 6.54 Å². The summed E-state index contributed by atoms with van der Waals surface area (Å²) in [5.41, 5.74) is 4.70. The van der Waals surface area contributed by atoms with Crippen molar-refractivity contribution in [2.75, 3.05) is 25.1 Å². The summed E-state index contributed by atoms with van der Waals surface area (Å²) in [6, 6.07) is 25.3. The number of aliphatic carboxylic acids is 1. The van der Waals surface area contributed by atoms with Crippen LogP contribution in [0.2, 0.25) is 0 Å². The van der Waals surface area contributed by atoms with E-state index in [-0.39, 0.29) is 18.4 Å². The van der Waals surface area contributed by atoms with Gasteiger partial charge in [-0.25, -0.2) is 9.59 Å². The molecule has 3 aromatic carbocycles. The molecule has 0 unspecified atom stereocenters. The number of amides is 2. The van der Waals surface area contributed by atoms with E-state index < -0.39 is 5.97 Å². The highest BCUT2D eigenvalue weighted by atomic mass is 16.5. The zero-order valence-corrected chi connectivity index (χ0v) is 19.5. The van der Waals surface area contributed by atoms with Gasteiger partial charge >= 0.3 is 12.0 Å². The van der Waals surface area contributed by atoms with E-state index in [0.717, 1.165) is 35.2 Å². The van der Waals surface area contributed by atoms with Gasteiger partial charge in [0.2, 0.25) is 5.76 Å². The number of nitrogens with one attached hydrogen (secondary N) is 1. The number of ether oxygens (including phenoxy) is 1. The van der Waals surface area contributed by atoms with Crippen molar-refractivity contribution in [1.29, 1.82) is 0 Å². The fourth-order valence-corrected chi connectivity index (χ4v) is 3.51. The summed E-state index contributed by atoms with van der Waals surface area (Å²) in [6.07, 6.45) is 3.29. The van der Waals surface area contributed by atoms with Gasteiger partial charge in [-0.2, -0.15) is 0 Å². The van der Waals surface area contributed by atoms with E-state index in [1.165, 1.54) is 11.6 Å². The fourth-order valence-electron chi connectivity index (χ4n) is 3.51. The largest absolute Gasteiger partial charge is 0.487 e. The van der Waals surface area contributed by atoms with E-state index in [4.69, 9.17) is 4.74 Å². The Bertz CT molecular complexity index is 1120. The number of carboxylic acid groups (broad SMARTS) is 1. The first-order valence-electron chi connectivity index (χ1n) is 11.3. The smallest absolute Gasteiger partial charge is 0.371 e. The van der Waals surface area contributed by atoms with Gasteiger partial charge in [-0.1, -0.05) is 66.7 Å². The minimum atomic E-state index is -1.10. The minimum Gasteiger partial charge on any atom is -0.487 e. The molecule has 6 nitrogen and oxygen atoms in total. The summed E-state index contributed by atoms with van der Waals surface area (Å²) in [5, 5.41) is 12.2. The van der Waals surface area contributed by atoms with E-state index in [1.54, 1.807) is 18.9 Å². The van der Waals surface area contributed by atoms with Crippen LogP contribution >= 0.6 is 0 Å². The lowest BCUT2D eigenvalue weighted by Gasteiger charge is -2.19. The number of carboxylic acids is 1. The highest BCUT2D eigenvalue weighted by Gasteiger charge is 2.12. The van der Waals surface area contributed by atoms with Crippen LogP contribution in [0.25, 0.3) is 17.2 Å². The van der Waals surface area contributed by atoms with Crippen molar-refractivity contribution in [3.8, 4) is 11.1 Å². The molecule has 2 amide bonds. The zero-order chi connectivity index (χ0) is 24.3. The Balaban J connectivity index is 1.61. The normalized spacial score (nSPS) is 11.1. The number of carbonyl (C=O) groups excluding carboxylic acids is 1. The zero-order valence-electron chi connectivity index (χ0n) is 19.5. The van der Waals surface area contributed by atoms with Gasteiger partial charge in [0.05, 0.1) is 6.61 Å². The first kappa shape index (κ1) is 24.6. The third-order valence-electron chi connectivity index (χ3n) is 5.35. The molecule has 0 aromatic heterocycles. The van der Waals surface area contributed by atoms with Gasteiger partial charge in [-0.3, -0.25) is 4.90 Å². The SMILES string of the molecule is CCO/C(=C\c1ccc(-c2cccc(N(C)C(=O)NCCCc3ccccc3)c2)cc1)C(=O)O. The summed E-state index contributed by atoms with van der Waals surface area (Å²) in [4.78, 5) is 25.5. The lowest BCUT2D eigenvalue weighted by atomic mass is 10.0. The summed E-state index contributed by atoms with van der Waals surface area (Å²) >= 11 is 0. The van der Waals surface area contributed by atoms with Crippen molar-refractivity contribution in [1.82, 2.24) is 5.32 Å². The van der Waals surface area contributed by atoms with E-state index in [9.17, 15) is 14.7 Å². The molecular formula is C28H30N2O4. The van der Waals surface area contributed by atoms with Crippen molar-refractivity contribution in [3.63, 3.8) is 0 Å². The van der Waals surface area contributed by atoms with Gasteiger partial charge in [-0.05, 0) is 60.2 Å². The maximum Gasteiger partial charge on any atom is 0.371 e. The van der Waals surface area contributed by atoms with Crippen LogP contribution in [0.1, 0.15) is 24.5 Å². The van der Waals surface area contributed by atoms with Crippen LogP contribution in [-0.2, 0) is 16.0 Å². The van der Waals surface area contributed by atoms with Gasteiger partial charge in [-0.15, -0.1) is 0 Å². The summed E-state index contributed by atoms with van der Waals surface area (Å²) in [5.74, 6) is -1.19. The third-order valence-corrected chi connectivity index (χ3v) is 5.35. The summed E-state index contributed by atoms with van der Waals surface area (Å²) in [6.45, 7) is 2.64. The first-order chi connectivity index (χ1) is 16.5. The van der Waals surface area contributed by atoms with Crippen LogP contribution in [-0.4, -0.2) is 37.3 Å². The Labute approximate surface area is 200 Å². The molecule has 0 atom stereocenters. The average Bonchev–Trinajstić information content (AvgIpc) is 2.87. The molecular weight excluding hydrogens is 428 g/mol. The fraction of sp³-hybridized carbons (Fsp3) is 0.214. The molecule has 0 saturated heterocycles. The Hall–Kier alpha value is -4.06. The van der Waals surface area contributed by atoms with Crippen LogP contribution < -0.4 is 10.2 Å². The number of rotatable bonds is 10. The Morgan fingerprint density at radius 2 is 1.71 bits per heavy atom. The van der Waals surface area contributed by atoms with Crippen LogP contribution in [0, 0.1) is 0 Å². The Morgan fingerprint density at radius 1 is 0.971 bits per heavy atom. The molecule has 0 fully saturated rings. The molecule has 0 bridgehead atoms. The number of urea groups is 1. The van der Waals surface area contributed by atoms with Gasteiger partial charge in [0.25, 0.3) is 0 Å².